The van der Waals surface area contributed by atoms with Crippen LogP contribution in [0.3, 0.4) is 0 Å². The number of hydrogen-bond donors (Lipinski definition) is 1. The molecule has 0 aliphatic carbocycles. The molecule has 0 radical (unpaired) electrons. The fraction of sp³-hybridized carbons (Fsp3) is 0. The fourth-order valence-electron chi connectivity index (χ4n) is 2.08. The van der Waals surface area contributed by atoms with Crippen LogP contribution in [0.15, 0.2) is 55.1 Å². The first-order valence-electron chi connectivity index (χ1n) is 5.83. The van der Waals surface area contributed by atoms with Crippen molar-refractivity contribution in [3.8, 4) is 6.07 Å². The van der Waals surface area contributed by atoms with Crippen molar-refractivity contribution in [2.75, 3.05) is 0 Å². The highest BCUT2D eigenvalue weighted by Crippen LogP contribution is 2.28. The molecule has 3 rings (SSSR count). The molecule has 0 aliphatic rings. The number of allylic oxidation sites excluding steroid dienone is 1. The van der Waals surface area contributed by atoms with Crippen LogP contribution in [0.5, 0.6) is 0 Å². The van der Waals surface area contributed by atoms with Gasteiger partial charge in [-0.3, -0.25) is 4.98 Å². The fourth-order valence-corrected chi connectivity index (χ4v) is 2.08. The third-order valence-corrected chi connectivity index (χ3v) is 2.92. The molecule has 0 amide bonds. The maximum Gasteiger partial charge on any atom is 0.137 e. The number of fused-ring (bicyclic) bond motifs is 1. The summed E-state index contributed by atoms with van der Waals surface area (Å²) in [4.78, 5) is 11.5. The van der Waals surface area contributed by atoms with Gasteiger partial charge in [0.05, 0.1) is 6.07 Å². The molecule has 0 fully saturated rings. The van der Waals surface area contributed by atoms with Gasteiger partial charge < -0.3 is 4.98 Å². The van der Waals surface area contributed by atoms with E-state index < -0.39 is 0 Å². The van der Waals surface area contributed by atoms with Gasteiger partial charge in [0.15, 0.2) is 0 Å². The predicted octanol–water partition coefficient (Wildman–Crippen LogP) is 2.91. The topological polar surface area (TPSA) is 65.4 Å². The summed E-state index contributed by atoms with van der Waals surface area (Å²) in [5.74, 6) is 0. The lowest BCUT2D eigenvalue weighted by Gasteiger charge is -2.04. The standard InChI is InChI=1S/C15H10N4/c16-6-5-12(11-3-1-7-17-9-11)14-10-19-15-13(14)4-2-8-18-15/h1-5,7-10H,(H,18,19). The summed E-state index contributed by atoms with van der Waals surface area (Å²) >= 11 is 0. The van der Waals surface area contributed by atoms with E-state index in [4.69, 9.17) is 5.26 Å². The molecule has 3 aromatic rings. The lowest BCUT2D eigenvalue weighted by molar-refractivity contribution is 1.31. The summed E-state index contributed by atoms with van der Waals surface area (Å²) in [6.45, 7) is 0. The summed E-state index contributed by atoms with van der Waals surface area (Å²) in [7, 11) is 0. The van der Waals surface area contributed by atoms with Crippen LogP contribution in [0.2, 0.25) is 0 Å². The minimum Gasteiger partial charge on any atom is -0.346 e. The SMILES string of the molecule is N#CC=C(c1cccnc1)c1c[nH]c2ncccc12. The second-order valence-corrected chi connectivity index (χ2v) is 4.03. The van der Waals surface area contributed by atoms with Crippen LogP contribution in [0.1, 0.15) is 11.1 Å². The molecule has 0 saturated heterocycles. The summed E-state index contributed by atoms with van der Waals surface area (Å²) in [5, 5.41) is 9.99. The first kappa shape index (κ1) is 11.2. The third-order valence-electron chi connectivity index (χ3n) is 2.92. The van der Waals surface area contributed by atoms with Gasteiger partial charge in [-0.15, -0.1) is 0 Å². The van der Waals surface area contributed by atoms with Gasteiger partial charge in [-0.2, -0.15) is 5.26 Å². The van der Waals surface area contributed by atoms with E-state index in [2.05, 4.69) is 21.0 Å². The zero-order chi connectivity index (χ0) is 13.1. The number of rotatable bonds is 2. The highest BCUT2D eigenvalue weighted by Gasteiger charge is 2.11. The Bertz CT molecular complexity index is 779. The van der Waals surface area contributed by atoms with Crippen molar-refractivity contribution in [1.29, 1.82) is 5.26 Å². The summed E-state index contributed by atoms with van der Waals surface area (Å²) in [6, 6.07) is 9.75. The number of hydrogen-bond acceptors (Lipinski definition) is 3. The van der Waals surface area contributed by atoms with E-state index >= 15 is 0 Å². The minimum absolute atomic E-state index is 0.810. The molecular weight excluding hydrogens is 236 g/mol. The number of aromatic nitrogens is 3. The normalized spacial score (nSPS) is 11.4. The lowest BCUT2D eigenvalue weighted by atomic mass is 9.99. The second-order valence-electron chi connectivity index (χ2n) is 4.03. The maximum atomic E-state index is 9.00. The van der Waals surface area contributed by atoms with Crippen molar-refractivity contribution in [2.45, 2.75) is 0 Å². The van der Waals surface area contributed by atoms with Gasteiger partial charge in [-0.05, 0) is 18.2 Å². The monoisotopic (exact) mass is 246 g/mol. The molecule has 3 heterocycles. The van der Waals surface area contributed by atoms with Gasteiger partial charge in [0.25, 0.3) is 0 Å². The molecule has 4 nitrogen and oxygen atoms in total. The summed E-state index contributed by atoms with van der Waals surface area (Å²) < 4.78 is 0. The number of aromatic amines is 1. The van der Waals surface area contributed by atoms with E-state index in [0.29, 0.717) is 0 Å². The highest BCUT2D eigenvalue weighted by atomic mass is 14.8. The molecular formula is C15H10N4. The molecule has 0 aromatic carbocycles. The zero-order valence-electron chi connectivity index (χ0n) is 10.0. The van der Waals surface area contributed by atoms with Crippen LogP contribution >= 0.6 is 0 Å². The van der Waals surface area contributed by atoms with Gasteiger partial charge in [-0.1, -0.05) is 6.07 Å². The molecule has 90 valence electrons. The molecule has 0 spiro atoms. The van der Waals surface area contributed by atoms with Gasteiger partial charge in [0.2, 0.25) is 0 Å². The quantitative estimate of drug-likeness (QED) is 0.707. The Balaban J connectivity index is 2.23. The van der Waals surface area contributed by atoms with Crippen molar-refractivity contribution in [2.24, 2.45) is 0 Å². The van der Waals surface area contributed by atoms with E-state index in [1.165, 1.54) is 6.08 Å². The van der Waals surface area contributed by atoms with E-state index in [0.717, 1.165) is 27.7 Å². The molecule has 0 aliphatic heterocycles. The Hall–Kier alpha value is -2.93. The molecule has 0 atom stereocenters. The zero-order valence-corrected chi connectivity index (χ0v) is 10.0. The van der Waals surface area contributed by atoms with E-state index in [9.17, 15) is 0 Å². The van der Waals surface area contributed by atoms with Gasteiger partial charge >= 0.3 is 0 Å². The summed E-state index contributed by atoms with van der Waals surface area (Å²) in [5.41, 5.74) is 3.52. The van der Waals surface area contributed by atoms with Crippen LogP contribution in [0.25, 0.3) is 16.6 Å². The Labute approximate surface area is 110 Å². The highest BCUT2D eigenvalue weighted by molar-refractivity contribution is 5.95. The second kappa shape index (κ2) is 4.75. The average molecular weight is 246 g/mol. The molecule has 0 saturated carbocycles. The first-order chi connectivity index (χ1) is 9.40. The Morgan fingerprint density at radius 3 is 2.95 bits per heavy atom. The van der Waals surface area contributed by atoms with Gasteiger partial charge in [0.1, 0.15) is 5.65 Å². The number of nitrogens with zero attached hydrogens (tertiary/aromatic N) is 3. The lowest BCUT2D eigenvalue weighted by Crippen LogP contribution is -1.87. The molecule has 1 N–H and O–H groups in total. The van der Waals surface area contributed by atoms with Crippen molar-refractivity contribution < 1.29 is 0 Å². The first-order valence-corrected chi connectivity index (χ1v) is 5.83. The number of nitriles is 1. The van der Waals surface area contributed by atoms with Crippen LogP contribution < -0.4 is 0 Å². The number of nitrogens with one attached hydrogen (secondary N) is 1. The Morgan fingerprint density at radius 2 is 2.16 bits per heavy atom. The molecule has 0 unspecified atom stereocenters. The van der Waals surface area contributed by atoms with Crippen LogP contribution in [-0.4, -0.2) is 15.0 Å². The molecule has 3 aromatic heterocycles. The number of H-pyrrole nitrogens is 1. The smallest absolute Gasteiger partial charge is 0.137 e. The Morgan fingerprint density at radius 1 is 1.26 bits per heavy atom. The third kappa shape index (κ3) is 1.98. The van der Waals surface area contributed by atoms with Crippen LogP contribution in [-0.2, 0) is 0 Å². The van der Waals surface area contributed by atoms with Crippen molar-refractivity contribution in [3.05, 3.63) is 66.3 Å². The average Bonchev–Trinajstić information content (AvgIpc) is 2.89. The van der Waals surface area contributed by atoms with Crippen molar-refractivity contribution >= 4 is 16.6 Å². The van der Waals surface area contributed by atoms with Crippen molar-refractivity contribution in [1.82, 2.24) is 15.0 Å². The summed E-state index contributed by atoms with van der Waals surface area (Å²) in [6.07, 6.45) is 8.60. The van der Waals surface area contributed by atoms with E-state index in [1.54, 1.807) is 18.6 Å². The van der Waals surface area contributed by atoms with Crippen LogP contribution in [0, 0.1) is 11.3 Å². The predicted molar refractivity (Wildman–Crippen MR) is 73.0 cm³/mol. The molecule has 0 bridgehead atoms. The van der Waals surface area contributed by atoms with Crippen LogP contribution in [0.4, 0.5) is 0 Å². The van der Waals surface area contributed by atoms with Gasteiger partial charge in [-0.25, -0.2) is 4.98 Å². The van der Waals surface area contributed by atoms with E-state index in [-0.39, 0.29) is 0 Å². The van der Waals surface area contributed by atoms with Crippen molar-refractivity contribution in [3.63, 3.8) is 0 Å². The van der Waals surface area contributed by atoms with Gasteiger partial charge in [0, 0.05) is 52.9 Å². The largest absolute Gasteiger partial charge is 0.346 e. The Kier molecular flexibility index (Phi) is 2.79. The molecule has 19 heavy (non-hydrogen) atoms. The molecule has 4 heteroatoms. The minimum atomic E-state index is 0.810. The number of pyridine rings is 2. The maximum absolute atomic E-state index is 9.00. The van der Waals surface area contributed by atoms with E-state index in [1.807, 2.05) is 30.5 Å².